The number of amides is 1. The Morgan fingerprint density at radius 3 is 2.60 bits per heavy atom. The first-order valence-electron chi connectivity index (χ1n) is 7.27. The van der Waals surface area contributed by atoms with Gasteiger partial charge in [0.15, 0.2) is 12.4 Å². The van der Waals surface area contributed by atoms with Crippen molar-refractivity contribution in [3.8, 4) is 5.75 Å². The molecule has 0 unspecified atom stereocenters. The van der Waals surface area contributed by atoms with Gasteiger partial charge in [0.25, 0.3) is 5.91 Å². The molecule has 0 aliphatic heterocycles. The van der Waals surface area contributed by atoms with E-state index in [1.807, 2.05) is 13.0 Å². The molecule has 130 valence electrons. The minimum Gasteiger partial charge on any atom is -0.490 e. The number of carbonyl (C=O) groups is 2. The summed E-state index contributed by atoms with van der Waals surface area (Å²) in [5.41, 5.74) is 1.35. The molecule has 0 aromatic heterocycles. The summed E-state index contributed by atoms with van der Waals surface area (Å²) >= 11 is 0. The molecule has 0 spiro atoms. The second kappa shape index (κ2) is 7.91. The van der Waals surface area contributed by atoms with Gasteiger partial charge in [-0.1, -0.05) is 12.1 Å². The Hall–Kier alpha value is -3.42. The van der Waals surface area contributed by atoms with E-state index in [-0.39, 0.29) is 17.0 Å². The van der Waals surface area contributed by atoms with Crippen LogP contribution in [0.25, 0.3) is 0 Å². The number of rotatable bonds is 6. The van der Waals surface area contributed by atoms with Crippen molar-refractivity contribution >= 4 is 23.3 Å². The molecule has 0 heterocycles. The van der Waals surface area contributed by atoms with E-state index in [0.717, 1.165) is 11.6 Å². The number of nitro groups is 1. The van der Waals surface area contributed by atoms with Crippen molar-refractivity contribution in [2.75, 3.05) is 19.0 Å². The van der Waals surface area contributed by atoms with Gasteiger partial charge in [-0.3, -0.25) is 14.9 Å². The largest absolute Gasteiger partial charge is 0.490 e. The number of methoxy groups -OCH3 is 1. The molecule has 0 aliphatic carbocycles. The van der Waals surface area contributed by atoms with Crippen LogP contribution in [0.3, 0.4) is 0 Å². The molecule has 2 aromatic carbocycles. The minimum atomic E-state index is -0.785. The van der Waals surface area contributed by atoms with Gasteiger partial charge in [0, 0.05) is 17.8 Å². The lowest BCUT2D eigenvalue weighted by molar-refractivity contribution is -0.385. The molecular weight excluding hydrogens is 328 g/mol. The minimum absolute atomic E-state index is 0.0470. The van der Waals surface area contributed by atoms with Gasteiger partial charge in [-0.05, 0) is 30.7 Å². The van der Waals surface area contributed by atoms with Crippen molar-refractivity contribution in [3.05, 3.63) is 63.7 Å². The molecule has 1 N–H and O–H groups in total. The lowest BCUT2D eigenvalue weighted by Gasteiger charge is -2.08. The normalized spacial score (nSPS) is 10.0. The number of carbonyl (C=O) groups excluding carboxylic acids is 2. The number of hydrogen-bond donors (Lipinski definition) is 1. The average molecular weight is 344 g/mol. The fourth-order valence-electron chi connectivity index (χ4n) is 2.09. The first-order chi connectivity index (χ1) is 11.9. The highest BCUT2D eigenvalue weighted by Gasteiger charge is 2.18. The molecule has 0 saturated carbocycles. The molecule has 0 fully saturated rings. The van der Waals surface area contributed by atoms with Crippen molar-refractivity contribution < 1.29 is 24.0 Å². The second-order valence-electron chi connectivity index (χ2n) is 5.14. The Morgan fingerprint density at radius 1 is 1.20 bits per heavy atom. The zero-order chi connectivity index (χ0) is 18.4. The van der Waals surface area contributed by atoms with Crippen LogP contribution in [-0.4, -0.2) is 30.5 Å². The van der Waals surface area contributed by atoms with Crippen LogP contribution >= 0.6 is 0 Å². The van der Waals surface area contributed by atoms with Gasteiger partial charge in [0.1, 0.15) is 0 Å². The van der Waals surface area contributed by atoms with Crippen LogP contribution in [0.15, 0.2) is 42.5 Å². The van der Waals surface area contributed by atoms with E-state index in [2.05, 4.69) is 5.32 Å². The number of aryl methyl sites for hydroxylation is 1. The maximum Gasteiger partial charge on any atom is 0.338 e. The molecule has 0 bridgehead atoms. The highest BCUT2D eigenvalue weighted by molar-refractivity contribution is 5.95. The highest BCUT2D eigenvalue weighted by atomic mass is 16.6. The van der Waals surface area contributed by atoms with E-state index in [4.69, 9.17) is 9.47 Å². The van der Waals surface area contributed by atoms with Crippen molar-refractivity contribution in [1.29, 1.82) is 0 Å². The lowest BCUT2D eigenvalue weighted by atomic mass is 10.2. The summed E-state index contributed by atoms with van der Waals surface area (Å²) in [6, 6.07) is 10.7. The Balaban J connectivity index is 1.98. The summed E-state index contributed by atoms with van der Waals surface area (Å²) in [5.74, 6) is -1.34. The van der Waals surface area contributed by atoms with Crippen molar-refractivity contribution in [3.63, 3.8) is 0 Å². The summed E-state index contributed by atoms with van der Waals surface area (Å²) in [4.78, 5) is 34.0. The fourth-order valence-corrected chi connectivity index (χ4v) is 2.09. The van der Waals surface area contributed by atoms with E-state index in [9.17, 15) is 19.7 Å². The molecule has 2 rings (SSSR count). The molecule has 0 atom stereocenters. The quantitative estimate of drug-likeness (QED) is 0.490. The number of esters is 1. The van der Waals surface area contributed by atoms with E-state index < -0.39 is 23.4 Å². The molecule has 0 saturated heterocycles. The van der Waals surface area contributed by atoms with Gasteiger partial charge in [-0.2, -0.15) is 0 Å². The van der Waals surface area contributed by atoms with E-state index in [1.165, 1.54) is 19.2 Å². The van der Waals surface area contributed by atoms with E-state index >= 15 is 0 Å². The summed E-state index contributed by atoms with van der Waals surface area (Å²) in [6.07, 6.45) is 0. The zero-order valence-electron chi connectivity index (χ0n) is 13.6. The molecule has 25 heavy (non-hydrogen) atoms. The predicted molar refractivity (Wildman–Crippen MR) is 89.7 cm³/mol. The van der Waals surface area contributed by atoms with Gasteiger partial charge in [0.2, 0.25) is 0 Å². The Morgan fingerprint density at radius 2 is 1.96 bits per heavy atom. The first kappa shape index (κ1) is 17.9. The standard InChI is InChI=1S/C17H16N2O6/c1-11-4-3-5-13(8-11)18-16(20)10-25-17(21)12-6-7-14(19(22)23)15(9-12)24-2/h3-9H,10H2,1-2H3,(H,18,20). The van der Waals surface area contributed by atoms with Crippen LogP contribution in [0, 0.1) is 17.0 Å². The van der Waals surface area contributed by atoms with Gasteiger partial charge in [-0.15, -0.1) is 0 Å². The maximum absolute atomic E-state index is 12.0. The maximum atomic E-state index is 12.0. The van der Waals surface area contributed by atoms with Gasteiger partial charge < -0.3 is 14.8 Å². The number of nitrogens with one attached hydrogen (secondary N) is 1. The van der Waals surface area contributed by atoms with Gasteiger partial charge in [0.05, 0.1) is 17.6 Å². The van der Waals surface area contributed by atoms with Crippen LogP contribution < -0.4 is 10.1 Å². The first-order valence-corrected chi connectivity index (χ1v) is 7.27. The van der Waals surface area contributed by atoms with E-state index in [1.54, 1.807) is 18.2 Å². The van der Waals surface area contributed by atoms with Gasteiger partial charge >= 0.3 is 11.7 Å². The highest BCUT2D eigenvalue weighted by Crippen LogP contribution is 2.27. The molecule has 1 amide bonds. The Labute approximate surface area is 143 Å². The van der Waals surface area contributed by atoms with Crippen molar-refractivity contribution in [2.24, 2.45) is 0 Å². The smallest absolute Gasteiger partial charge is 0.338 e. The molecule has 8 heteroatoms. The van der Waals surface area contributed by atoms with Crippen LogP contribution in [0.2, 0.25) is 0 Å². The molecular formula is C17H16N2O6. The molecule has 0 aliphatic rings. The number of anilines is 1. The predicted octanol–water partition coefficient (Wildman–Crippen LogP) is 2.71. The van der Waals surface area contributed by atoms with Crippen molar-refractivity contribution in [2.45, 2.75) is 6.92 Å². The Bertz CT molecular complexity index is 819. The molecule has 2 aromatic rings. The van der Waals surface area contributed by atoms with Crippen LogP contribution in [-0.2, 0) is 9.53 Å². The third-order valence-electron chi connectivity index (χ3n) is 3.25. The Kier molecular flexibility index (Phi) is 5.67. The zero-order valence-corrected chi connectivity index (χ0v) is 13.6. The average Bonchev–Trinajstić information content (AvgIpc) is 2.59. The van der Waals surface area contributed by atoms with Crippen LogP contribution in [0.4, 0.5) is 11.4 Å². The molecule has 8 nitrogen and oxygen atoms in total. The number of nitro benzene ring substituents is 1. The van der Waals surface area contributed by atoms with Crippen LogP contribution in [0.5, 0.6) is 5.75 Å². The SMILES string of the molecule is COc1cc(C(=O)OCC(=O)Nc2cccc(C)c2)ccc1[N+](=O)[O-]. The molecule has 0 radical (unpaired) electrons. The second-order valence-corrected chi connectivity index (χ2v) is 5.14. The number of nitrogens with zero attached hydrogens (tertiary/aromatic N) is 1. The van der Waals surface area contributed by atoms with Crippen molar-refractivity contribution in [1.82, 2.24) is 0 Å². The van der Waals surface area contributed by atoms with Crippen LogP contribution in [0.1, 0.15) is 15.9 Å². The summed E-state index contributed by atoms with van der Waals surface area (Å²) < 4.78 is 9.80. The fraction of sp³-hybridized carbons (Fsp3) is 0.176. The summed E-state index contributed by atoms with van der Waals surface area (Å²) in [7, 11) is 1.26. The lowest BCUT2D eigenvalue weighted by Crippen LogP contribution is -2.21. The third-order valence-corrected chi connectivity index (χ3v) is 3.25. The monoisotopic (exact) mass is 344 g/mol. The van der Waals surface area contributed by atoms with Gasteiger partial charge in [-0.25, -0.2) is 4.79 Å². The number of benzene rings is 2. The van der Waals surface area contributed by atoms with E-state index in [0.29, 0.717) is 5.69 Å². The summed E-state index contributed by atoms with van der Waals surface area (Å²) in [6.45, 7) is 1.41. The number of ether oxygens (including phenoxy) is 2. The summed E-state index contributed by atoms with van der Waals surface area (Å²) in [5, 5.41) is 13.4. The third kappa shape index (κ3) is 4.77. The number of hydrogen-bond acceptors (Lipinski definition) is 6. The topological polar surface area (TPSA) is 108 Å².